The van der Waals surface area contributed by atoms with Gasteiger partial charge < -0.3 is 19.9 Å². The van der Waals surface area contributed by atoms with Crippen molar-refractivity contribution in [2.24, 2.45) is 0 Å². The predicted molar refractivity (Wildman–Crippen MR) is 81.6 cm³/mol. The van der Waals surface area contributed by atoms with Gasteiger partial charge in [-0.1, -0.05) is 30.3 Å². The van der Waals surface area contributed by atoms with Crippen molar-refractivity contribution in [3.63, 3.8) is 0 Å². The van der Waals surface area contributed by atoms with Crippen LogP contribution >= 0.6 is 0 Å². The van der Waals surface area contributed by atoms with Gasteiger partial charge in [0.2, 0.25) is 0 Å². The highest BCUT2D eigenvalue weighted by Gasteiger charge is 2.22. The normalized spacial score (nSPS) is 10.8. The number of carboxylic acid groups (broad SMARTS) is 1. The third-order valence-corrected chi connectivity index (χ3v) is 3.40. The maximum absolute atomic E-state index is 12.0. The van der Waals surface area contributed by atoms with Gasteiger partial charge in [-0.2, -0.15) is 0 Å². The van der Waals surface area contributed by atoms with Crippen molar-refractivity contribution in [3.8, 4) is 5.75 Å². The highest BCUT2D eigenvalue weighted by molar-refractivity contribution is 6.12. The van der Waals surface area contributed by atoms with E-state index in [4.69, 9.17) is 9.52 Å². The molecule has 7 heteroatoms. The van der Waals surface area contributed by atoms with Crippen molar-refractivity contribution >= 4 is 33.6 Å². The number of amides is 1. The molecule has 0 unspecified atom stereocenters. The number of benzene rings is 2. The van der Waals surface area contributed by atoms with E-state index in [1.807, 2.05) is 17.4 Å². The molecule has 1 amide bonds. The number of carbonyl (C=O) groups excluding carboxylic acids is 1. The fourth-order valence-corrected chi connectivity index (χ4v) is 2.40. The number of aliphatic carboxylic acids is 1. The van der Waals surface area contributed by atoms with Crippen LogP contribution in [0.25, 0.3) is 21.7 Å². The van der Waals surface area contributed by atoms with Crippen LogP contribution in [0, 0.1) is 0 Å². The summed E-state index contributed by atoms with van der Waals surface area (Å²) < 4.78 is 5.09. The number of fused-ring (bicyclic) bond motifs is 3. The van der Waals surface area contributed by atoms with Gasteiger partial charge in [-0.25, -0.2) is 4.79 Å². The molecule has 1 aromatic heterocycles. The molecule has 0 saturated carbocycles. The molecule has 116 valence electrons. The molecule has 0 spiro atoms. The molecular formula is C16H11NO6. The Morgan fingerprint density at radius 1 is 1.13 bits per heavy atom. The maximum Gasteiger partial charge on any atom is 0.353 e. The molecule has 23 heavy (non-hydrogen) atoms. The van der Waals surface area contributed by atoms with Gasteiger partial charge in [-0.3, -0.25) is 9.59 Å². The Labute approximate surface area is 128 Å². The maximum atomic E-state index is 12.0. The highest BCUT2D eigenvalue weighted by Crippen LogP contribution is 2.33. The lowest BCUT2D eigenvalue weighted by Crippen LogP contribution is -2.32. The molecule has 3 rings (SSSR count). The summed E-state index contributed by atoms with van der Waals surface area (Å²) in [5.41, 5.74) is -1.51. The van der Waals surface area contributed by atoms with Crippen LogP contribution in [0.1, 0.15) is 10.4 Å². The Morgan fingerprint density at radius 3 is 2.61 bits per heavy atom. The summed E-state index contributed by atoms with van der Waals surface area (Å²) >= 11 is 0. The van der Waals surface area contributed by atoms with E-state index in [-0.39, 0.29) is 11.0 Å². The lowest BCUT2D eigenvalue weighted by molar-refractivity contribution is -0.135. The average Bonchev–Trinajstić information content (AvgIpc) is 2.52. The first-order chi connectivity index (χ1) is 11.0. The predicted octanol–water partition coefficient (Wildman–Crippen LogP) is 1.47. The van der Waals surface area contributed by atoms with Crippen LogP contribution in [0.5, 0.6) is 5.75 Å². The van der Waals surface area contributed by atoms with Crippen LogP contribution in [0.4, 0.5) is 0 Å². The number of carbonyl (C=O) groups is 2. The topological polar surface area (TPSA) is 117 Å². The molecule has 0 aliphatic carbocycles. The van der Waals surface area contributed by atoms with Crippen molar-refractivity contribution in [2.45, 2.75) is 0 Å². The summed E-state index contributed by atoms with van der Waals surface area (Å²) in [7, 11) is 0. The van der Waals surface area contributed by atoms with E-state index in [1.165, 1.54) is 6.07 Å². The number of hydrogen-bond acceptors (Lipinski definition) is 5. The van der Waals surface area contributed by atoms with Gasteiger partial charge in [0.15, 0.2) is 5.56 Å². The van der Waals surface area contributed by atoms with Gasteiger partial charge in [-0.05, 0) is 16.8 Å². The van der Waals surface area contributed by atoms with Gasteiger partial charge in [0.1, 0.15) is 17.9 Å². The zero-order chi connectivity index (χ0) is 16.6. The molecule has 1 heterocycles. The fourth-order valence-electron chi connectivity index (χ4n) is 2.40. The Balaban J connectivity index is 2.27. The molecule has 7 nitrogen and oxygen atoms in total. The molecule has 0 aliphatic heterocycles. The van der Waals surface area contributed by atoms with Crippen LogP contribution in [0.2, 0.25) is 0 Å². The van der Waals surface area contributed by atoms with Gasteiger partial charge in [0.25, 0.3) is 5.91 Å². The quantitative estimate of drug-likeness (QED) is 0.498. The summed E-state index contributed by atoms with van der Waals surface area (Å²) in [6.45, 7) is -0.675. The van der Waals surface area contributed by atoms with E-state index >= 15 is 0 Å². The minimum absolute atomic E-state index is 0.140. The third kappa shape index (κ3) is 2.48. The molecule has 0 bridgehead atoms. The van der Waals surface area contributed by atoms with Crippen molar-refractivity contribution in [3.05, 3.63) is 52.4 Å². The zero-order valence-electron chi connectivity index (χ0n) is 11.7. The summed E-state index contributed by atoms with van der Waals surface area (Å²) in [6.07, 6.45) is 0. The highest BCUT2D eigenvalue weighted by atomic mass is 16.4. The second-order valence-electron chi connectivity index (χ2n) is 4.85. The third-order valence-electron chi connectivity index (χ3n) is 3.40. The fraction of sp³-hybridized carbons (Fsp3) is 0.0625. The lowest BCUT2D eigenvalue weighted by atomic mass is 10.0. The zero-order valence-corrected chi connectivity index (χ0v) is 11.7. The van der Waals surface area contributed by atoms with E-state index in [1.54, 1.807) is 18.2 Å². The van der Waals surface area contributed by atoms with Crippen LogP contribution in [0.15, 0.2) is 45.6 Å². The second-order valence-corrected chi connectivity index (χ2v) is 4.85. The van der Waals surface area contributed by atoms with Crippen LogP contribution in [-0.2, 0) is 4.79 Å². The Kier molecular flexibility index (Phi) is 3.46. The molecule has 0 radical (unpaired) electrons. The lowest BCUT2D eigenvalue weighted by Gasteiger charge is -2.08. The first kappa shape index (κ1) is 14.6. The second kappa shape index (κ2) is 5.45. The summed E-state index contributed by atoms with van der Waals surface area (Å²) in [5, 5.41) is 22.6. The van der Waals surface area contributed by atoms with E-state index in [0.717, 1.165) is 5.39 Å². The Morgan fingerprint density at radius 2 is 1.87 bits per heavy atom. The van der Waals surface area contributed by atoms with Crippen LogP contribution < -0.4 is 10.9 Å². The molecule has 0 fully saturated rings. The molecule has 0 saturated heterocycles. The number of nitrogens with one attached hydrogen (secondary N) is 1. The minimum atomic E-state index is -1.27. The minimum Gasteiger partial charge on any atom is -0.506 e. The van der Waals surface area contributed by atoms with Crippen LogP contribution in [0.3, 0.4) is 0 Å². The van der Waals surface area contributed by atoms with E-state index in [9.17, 15) is 19.5 Å². The average molecular weight is 313 g/mol. The van der Waals surface area contributed by atoms with E-state index < -0.39 is 35.4 Å². The largest absolute Gasteiger partial charge is 0.506 e. The van der Waals surface area contributed by atoms with Crippen molar-refractivity contribution in [2.75, 3.05) is 6.54 Å². The number of aromatic hydroxyl groups is 1. The van der Waals surface area contributed by atoms with Crippen LogP contribution in [-0.4, -0.2) is 28.6 Å². The van der Waals surface area contributed by atoms with Crippen molar-refractivity contribution < 1.29 is 24.2 Å². The molecule has 3 aromatic rings. The smallest absolute Gasteiger partial charge is 0.353 e. The summed E-state index contributed by atoms with van der Waals surface area (Å²) in [5.74, 6) is -2.81. The van der Waals surface area contributed by atoms with Gasteiger partial charge in [0, 0.05) is 0 Å². The summed E-state index contributed by atoms with van der Waals surface area (Å²) in [6, 6.07) is 10.3. The first-order valence-corrected chi connectivity index (χ1v) is 6.66. The molecule has 0 atom stereocenters. The molecule has 3 N–H and O–H groups in total. The monoisotopic (exact) mass is 313 g/mol. The van der Waals surface area contributed by atoms with E-state index in [2.05, 4.69) is 0 Å². The molecular weight excluding hydrogens is 302 g/mol. The SMILES string of the molecule is O=C(O)CNC(=O)c1c(O)c2c(ccc3ccccc32)oc1=O. The number of carboxylic acids is 1. The molecule has 0 aliphatic rings. The molecule has 2 aromatic carbocycles. The summed E-state index contributed by atoms with van der Waals surface area (Å²) in [4.78, 5) is 34.4. The van der Waals surface area contributed by atoms with Gasteiger partial charge >= 0.3 is 11.6 Å². The standard InChI is InChI=1S/C16H11NO6/c18-11(19)7-17-15(21)13-14(20)12-9-4-2-1-3-8(9)5-6-10(12)23-16(13)22/h1-6,20H,7H2,(H,17,21)(H,18,19). The number of rotatable bonds is 3. The Bertz CT molecular complexity index is 1000. The first-order valence-electron chi connectivity index (χ1n) is 6.66. The number of hydrogen-bond donors (Lipinski definition) is 3. The van der Waals surface area contributed by atoms with Gasteiger partial charge in [0.05, 0.1) is 5.39 Å². The Hall–Kier alpha value is -3.35. The van der Waals surface area contributed by atoms with Gasteiger partial charge in [-0.15, -0.1) is 0 Å². The van der Waals surface area contributed by atoms with Crippen molar-refractivity contribution in [1.29, 1.82) is 0 Å². The van der Waals surface area contributed by atoms with Crippen molar-refractivity contribution in [1.82, 2.24) is 5.32 Å². The van der Waals surface area contributed by atoms with E-state index in [0.29, 0.717) is 5.39 Å².